The van der Waals surface area contributed by atoms with E-state index >= 15 is 0 Å². The first-order valence-electron chi connectivity index (χ1n) is 7.95. The van der Waals surface area contributed by atoms with Crippen molar-refractivity contribution in [3.8, 4) is 0 Å². The first kappa shape index (κ1) is 17.2. The highest BCUT2D eigenvalue weighted by Crippen LogP contribution is 2.17. The van der Waals surface area contributed by atoms with Crippen LogP contribution in [-0.2, 0) is 12.3 Å². The van der Waals surface area contributed by atoms with E-state index in [0.29, 0.717) is 11.4 Å². The van der Waals surface area contributed by atoms with Crippen molar-refractivity contribution in [3.05, 3.63) is 16.1 Å². The number of unbranched alkanes of at least 4 members (excludes halogenated alkanes) is 1. The van der Waals surface area contributed by atoms with E-state index in [1.807, 2.05) is 0 Å². The molecule has 1 aliphatic rings. The van der Waals surface area contributed by atoms with Crippen molar-refractivity contribution < 1.29 is 0 Å². The van der Waals surface area contributed by atoms with Gasteiger partial charge in [0, 0.05) is 37.1 Å². The first-order chi connectivity index (χ1) is 9.99. The third-order valence-corrected chi connectivity index (χ3v) is 5.40. The van der Waals surface area contributed by atoms with Crippen LogP contribution >= 0.6 is 22.9 Å². The molecule has 1 aromatic rings. The molecule has 1 fully saturated rings. The second kappa shape index (κ2) is 7.91. The maximum Gasteiger partial charge on any atom is 0.0928 e. The second-order valence-electron chi connectivity index (χ2n) is 6.82. The van der Waals surface area contributed by atoms with Gasteiger partial charge in [-0.2, -0.15) is 0 Å². The SMILES string of the molecule is CC(C)(C)N1CCN(CCCCc2nc(CCl)cs2)CC1. The lowest BCUT2D eigenvalue weighted by Gasteiger charge is -2.42. The van der Waals surface area contributed by atoms with Gasteiger partial charge >= 0.3 is 0 Å². The summed E-state index contributed by atoms with van der Waals surface area (Å²) in [5, 5.41) is 3.32. The monoisotopic (exact) mass is 329 g/mol. The van der Waals surface area contributed by atoms with Gasteiger partial charge in [-0.15, -0.1) is 22.9 Å². The normalized spacial score (nSPS) is 18.3. The molecule has 0 radical (unpaired) electrons. The molecule has 1 saturated heterocycles. The summed E-state index contributed by atoms with van der Waals surface area (Å²) in [7, 11) is 0. The van der Waals surface area contributed by atoms with Gasteiger partial charge in [-0.05, 0) is 46.6 Å². The van der Waals surface area contributed by atoms with E-state index in [2.05, 4.69) is 40.9 Å². The number of hydrogen-bond acceptors (Lipinski definition) is 4. The van der Waals surface area contributed by atoms with Crippen LogP contribution in [0.1, 0.15) is 44.3 Å². The van der Waals surface area contributed by atoms with E-state index in [1.165, 1.54) is 50.6 Å². The van der Waals surface area contributed by atoms with E-state index in [-0.39, 0.29) is 0 Å². The number of hydrogen-bond donors (Lipinski definition) is 0. The Morgan fingerprint density at radius 1 is 1.19 bits per heavy atom. The van der Waals surface area contributed by atoms with Gasteiger partial charge in [0.15, 0.2) is 0 Å². The molecule has 0 amide bonds. The standard InChI is InChI=1S/C16H28ClN3S/c1-16(2,3)20-10-8-19(9-11-20)7-5-4-6-15-18-14(12-17)13-21-15/h13H,4-12H2,1-3H3. The molecule has 2 heterocycles. The fraction of sp³-hybridized carbons (Fsp3) is 0.812. The minimum absolute atomic E-state index is 0.317. The average molecular weight is 330 g/mol. The predicted octanol–water partition coefficient (Wildman–Crippen LogP) is 3.62. The number of rotatable bonds is 6. The molecule has 3 nitrogen and oxygen atoms in total. The average Bonchev–Trinajstić information content (AvgIpc) is 2.91. The smallest absolute Gasteiger partial charge is 0.0928 e. The highest BCUT2D eigenvalue weighted by Gasteiger charge is 2.25. The highest BCUT2D eigenvalue weighted by atomic mass is 35.5. The van der Waals surface area contributed by atoms with Gasteiger partial charge < -0.3 is 4.90 Å². The van der Waals surface area contributed by atoms with E-state index in [0.717, 1.165) is 12.1 Å². The number of aromatic nitrogens is 1. The first-order valence-corrected chi connectivity index (χ1v) is 9.37. The molecule has 0 N–H and O–H groups in total. The Bertz CT molecular complexity index is 419. The number of halogens is 1. The molecule has 0 atom stereocenters. The van der Waals surface area contributed by atoms with E-state index in [9.17, 15) is 0 Å². The molecule has 0 bridgehead atoms. The molecule has 0 aliphatic carbocycles. The third kappa shape index (κ3) is 5.51. The number of aryl methyl sites for hydroxylation is 1. The van der Waals surface area contributed by atoms with Gasteiger partial charge in [-0.3, -0.25) is 4.90 Å². The van der Waals surface area contributed by atoms with Crippen molar-refractivity contribution in [1.29, 1.82) is 0 Å². The van der Waals surface area contributed by atoms with Crippen molar-refractivity contribution in [2.24, 2.45) is 0 Å². The molecule has 0 unspecified atom stereocenters. The minimum Gasteiger partial charge on any atom is -0.301 e. The van der Waals surface area contributed by atoms with Crippen LogP contribution in [0.2, 0.25) is 0 Å². The zero-order valence-electron chi connectivity index (χ0n) is 13.6. The largest absolute Gasteiger partial charge is 0.301 e. The Morgan fingerprint density at radius 2 is 1.90 bits per heavy atom. The van der Waals surface area contributed by atoms with Crippen LogP contribution in [0.25, 0.3) is 0 Å². The summed E-state index contributed by atoms with van der Waals surface area (Å²) in [6, 6.07) is 0. The van der Waals surface area contributed by atoms with E-state index in [4.69, 9.17) is 11.6 Å². The molecule has 2 rings (SSSR count). The molecular formula is C16H28ClN3S. The molecule has 0 spiro atoms. The Balaban J connectivity index is 1.60. The Hall–Kier alpha value is -0.160. The predicted molar refractivity (Wildman–Crippen MR) is 92.4 cm³/mol. The molecule has 1 aliphatic heterocycles. The Morgan fingerprint density at radius 3 is 2.48 bits per heavy atom. The number of piperazine rings is 1. The van der Waals surface area contributed by atoms with Gasteiger partial charge in [0.1, 0.15) is 0 Å². The lowest BCUT2D eigenvalue weighted by Crippen LogP contribution is -2.53. The van der Waals surface area contributed by atoms with Gasteiger partial charge in [0.05, 0.1) is 16.6 Å². The van der Waals surface area contributed by atoms with Crippen LogP contribution in [0.5, 0.6) is 0 Å². The van der Waals surface area contributed by atoms with Crippen molar-refractivity contribution in [2.45, 2.75) is 51.5 Å². The van der Waals surface area contributed by atoms with Crippen molar-refractivity contribution in [1.82, 2.24) is 14.8 Å². The summed E-state index contributed by atoms with van der Waals surface area (Å²) in [6.45, 7) is 13.0. The van der Waals surface area contributed by atoms with Crippen LogP contribution in [-0.4, -0.2) is 53.0 Å². The maximum absolute atomic E-state index is 5.78. The van der Waals surface area contributed by atoms with Crippen molar-refractivity contribution in [2.75, 3.05) is 32.7 Å². The summed E-state index contributed by atoms with van der Waals surface area (Å²) >= 11 is 7.53. The number of alkyl halides is 1. The number of nitrogens with zero attached hydrogens (tertiary/aromatic N) is 3. The summed E-state index contributed by atoms with van der Waals surface area (Å²) in [5.41, 5.74) is 1.34. The molecular weight excluding hydrogens is 302 g/mol. The Labute approximate surface area is 138 Å². The summed E-state index contributed by atoms with van der Waals surface area (Å²) in [4.78, 5) is 9.71. The van der Waals surface area contributed by atoms with E-state index in [1.54, 1.807) is 11.3 Å². The molecule has 21 heavy (non-hydrogen) atoms. The molecule has 5 heteroatoms. The minimum atomic E-state index is 0.317. The summed E-state index contributed by atoms with van der Waals surface area (Å²) in [5.74, 6) is 0.536. The highest BCUT2D eigenvalue weighted by molar-refractivity contribution is 7.09. The molecule has 0 saturated carbocycles. The molecule has 120 valence electrons. The van der Waals surface area contributed by atoms with Crippen LogP contribution in [0.4, 0.5) is 0 Å². The third-order valence-electron chi connectivity index (χ3n) is 4.17. The van der Waals surface area contributed by atoms with E-state index < -0.39 is 0 Å². The quantitative estimate of drug-likeness (QED) is 0.587. The summed E-state index contributed by atoms with van der Waals surface area (Å²) < 4.78 is 0. The van der Waals surface area contributed by atoms with Crippen LogP contribution in [0.15, 0.2) is 5.38 Å². The maximum atomic E-state index is 5.78. The van der Waals surface area contributed by atoms with Crippen molar-refractivity contribution in [3.63, 3.8) is 0 Å². The van der Waals surface area contributed by atoms with Gasteiger partial charge in [-0.25, -0.2) is 4.98 Å². The van der Waals surface area contributed by atoms with Crippen LogP contribution < -0.4 is 0 Å². The van der Waals surface area contributed by atoms with Crippen LogP contribution in [0.3, 0.4) is 0 Å². The zero-order valence-corrected chi connectivity index (χ0v) is 15.1. The van der Waals surface area contributed by atoms with Gasteiger partial charge in [-0.1, -0.05) is 0 Å². The molecule has 0 aromatic carbocycles. The topological polar surface area (TPSA) is 19.4 Å². The summed E-state index contributed by atoms with van der Waals surface area (Å²) in [6.07, 6.45) is 3.60. The second-order valence-corrected chi connectivity index (χ2v) is 8.03. The fourth-order valence-corrected chi connectivity index (χ4v) is 3.85. The zero-order chi connectivity index (χ0) is 15.3. The molecule has 1 aromatic heterocycles. The van der Waals surface area contributed by atoms with Crippen LogP contribution in [0, 0.1) is 0 Å². The lowest BCUT2D eigenvalue weighted by atomic mass is 10.0. The number of thiazole rings is 1. The Kier molecular flexibility index (Phi) is 6.48. The lowest BCUT2D eigenvalue weighted by molar-refractivity contribution is 0.0617. The van der Waals surface area contributed by atoms with Crippen molar-refractivity contribution >= 4 is 22.9 Å². The van der Waals surface area contributed by atoms with Gasteiger partial charge in [0.25, 0.3) is 0 Å². The fourth-order valence-electron chi connectivity index (χ4n) is 2.78. The van der Waals surface area contributed by atoms with Gasteiger partial charge in [0.2, 0.25) is 0 Å².